The van der Waals surface area contributed by atoms with Crippen LogP contribution in [0.4, 0.5) is 0 Å². The van der Waals surface area contributed by atoms with Gasteiger partial charge in [0, 0.05) is 13.1 Å². The van der Waals surface area contributed by atoms with Gasteiger partial charge in [0.05, 0.1) is 11.8 Å². The minimum absolute atomic E-state index is 0.0308. The first-order valence-electron chi connectivity index (χ1n) is 9.31. The second-order valence-electron chi connectivity index (χ2n) is 7.73. The molecule has 0 saturated carbocycles. The van der Waals surface area contributed by atoms with E-state index in [0.29, 0.717) is 19.3 Å². The van der Waals surface area contributed by atoms with E-state index in [4.69, 9.17) is 0 Å². The third-order valence-corrected chi connectivity index (χ3v) is 5.50. The molecular weight excluding hydrogens is 304 g/mol. The van der Waals surface area contributed by atoms with Crippen LogP contribution in [0.5, 0.6) is 0 Å². The smallest absolute Gasteiger partial charge is 0.245 e. The number of hydrogen-bond donors (Lipinski definition) is 0. The number of allylic oxidation sites excluding steroid dienone is 2. The Balaban J connectivity index is 1.84. The molecule has 2 saturated heterocycles. The average molecular weight is 332 g/mol. The second kappa shape index (κ2) is 7.08. The highest BCUT2D eigenvalue weighted by Gasteiger charge is 2.51. The molecule has 5 nitrogen and oxygen atoms in total. The summed E-state index contributed by atoms with van der Waals surface area (Å²) in [6, 6.07) is -0.617. The molecule has 2 heterocycles. The zero-order chi connectivity index (χ0) is 17.3. The number of carbonyl (C=O) groups excluding carboxylic acids is 3. The highest BCUT2D eigenvalue weighted by molar-refractivity contribution is 6.08. The van der Waals surface area contributed by atoms with Crippen molar-refractivity contribution in [1.82, 2.24) is 9.80 Å². The first-order chi connectivity index (χ1) is 11.5. The van der Waals surface area contributed by atoms with Crippen LogP contribution in [0, 0.1) is 17.8 Å². The SMILES string of the molecule is CC(C)CC(C(=O)N1CCCCC1)N1C(=O)C2CC=CCC2C1=O. The zero-order valence-electron chi connectivity index (χ0n) is 14.7. The van der Waals surface area contributed by atoms with Gasteiger partial charge < -0.3 is 4.90 Å². The van der Waals surface area contributed by atoms with Gasteiger partial charge in [-0.1, -0.05) is 26.0 Å². The summed E-state index contributed by atoms with van der Waals surface area (Å²) in [6.07, 6.45) is 8.94. The van der Waals surface area contributed by atoms with Gasteiger partial charge in [-0.05, 0) is 44.4 Å². The van der Waals surface area contributed by atoms with Gasteiger partial charge in [0.15, 0.2) is 0 Å². The molecule has 132 valence electrons. The number of fused-ring (bicyclic) bond motifs is 1. The third-order valence-electron chi connectivity index (χ3n) is 5.50. The summed E-state index contributed by atoms with van der Waals surface area (Å²) >= 11 is 0. The quantitative estimate of drug-likeness (QED) is 0.586. The molecule has 5 heteroatoms. The molecule has 3 aliphatic rings. The number of hydrogen-bond acceptors (Lipinski definition) is 3. The van der Waals surface area contributed by atoms with Gasteiger partial charge in [-0.2, -0.15) is 0 Å². The van der Waals surface area contributed by atoms with Crippen molar-refractivity contribution in [1.29, 1.82) is 0 Å². The van der Waals surface area contributed by atoms with Crippen molar-refractivity contribution in [3.8, 4) is 0 Å². The Kier molecular flexibility index (Phi) is 5.07. The molecule has 1 aliphatic carbocycles. The Morgan fingerprint density at radius 3 is 2.08 bits per heavy atom. The Morgan fingerprint density at radius 1 is 1.04 bits per heavy atom. The molecule has 2 fully saturated rings. The fourth-order valence-corrected chi connectivity index (χ4v) is 4.22. The van der Waals surface area contributed by atoms with Gasteiger partial charge in [-0.3, -0.25) is 19.3 Å². The van der Waals surface area contributed by atoms with Gasteiger partial charge >= 0.3 is 0 Å². The van der Waals surface area contributed by atoms with Gasteiger partial charge in [-0.15, -0.1) is 0 Å². The van der Waals surface area contributed by atoms with Crippen LogP contribution in [0.2, 0.25) is 0 Å². The summed E-state index contributed by atoms with van der Waals surface area (Å²) in [4.78, 5) is 42.0. The summed E-state index contributed by atoms with van der Waals surface area (Å²) in [5.74, 6) is -0.560. The van der Waals surface area contributed by atoms with Crippen LogP contribution in [-0.4, -0.2) is 46.7 Å². The number of carbonyl (C=O) groups is 3. The van der Waals surface area contributed by atoms with Crippen molar-refractivity contribution in [3.63, 3.8) is 0 Å². The predicted molar refractivity (Wildman–Crippen MR) is 90.9 cm³/mol. The van der Waals surface area contributed by atoms with Crippen LogP contribution < -0.4 is 0 Å². The van der Waals surface area contributed by atoms with E-state index in [1.807, 2.05) is 30.9 Å². The molecule has 3 unspecified atom stereocenters. The van der Waals surface area contributed by atoms with Crippen molar-refractivity contribution in [2.75, 3.05) is 13.1 Å². The Bertz CT molecular complexity index is 523. The van der Waals surface area contributed by atoms with Gasteiger partial charge in [0.2, 0.25) is 17.7 Å². The van der Waals surface area contributed by atoms with Crippen LogP contribution in [0.1, 0.15) is 52.4 Å². The van der Waals surface area contributed by atoms with E-state index < -0.39 is 6.04 Å². The van der Waals surface area contributed by atoms with Crippen LogP contribution in [0.3, 0.4) is 0 Å². The maximum Gasteiger partial charge on any atom is 0.245 e. The molecule has 0 aromatic rings. The van der Waals surface area contributed by atoms with Crippen molar-refractivity contribution in [2.45, 2.75) is 58.4 Å². The monoisotopic (exact) mass is 332 g/mol. The summed E-state index contributed by atoms with van der Waals surface area (Å²) in [5, 5.41) is 0. The molecule has 0 bridgehead atoms. The van der Waals surface area contributed by atoms with E-state index in [2.05, 4.69) is 0 Å². The van der Waals surface area contributed by atoms with Crippen molar-refractivity contribution >= 4 is 17.7 Å². The lowest BCUT2D eigenvalue weighted by Gasteiger charge is -2.34. The highest BCUT2D eigenvalue weighted by atomic mass is 16.2. The first kappa shape index (κ1) is 17.2. The largest absolute Gasteiger partial charge is 0.341 e. The normalized spacial score (nSPS) is 28.5. The van der Waals surface area contributed by atoms with E-state index >= 15 is 0 Å². The van der Waals surface area contributed by atoms with E-state index in [0.717, 1.165) is 32.4 Å². The molecule has 3 atom stereocenters. The van der Waals surface area contributed by atoms with E-state index in [9.17, 15) is 14.4 Å². The molecule has 0 aromatic carbocycles. The first-order valence-corrected chi connectivity index (χ1v) is 9.31. The minimum atomic E-state index is -0.617. The number of likely N-dealkylation sites (tertiary alicyclic amines) is 2. The fraction of sp³-hybridized carbons (Fsp3) is 0.737. The Hall–Kier alpha value is -1.65. The van der Waals surface area contributed by atoms with Crippen LogP contribution in [0.25, 0.3) is 0 Å². The molecule has 3 amide bonds. The molecular formula is C19H28N2O3. The number of imide groups is 1. The second-order valence-corrected chi connectivity index (χ2v) is 7.73. The molecule has 0 spiro atoms. The Labute approximate surface area is 144 Å². The maximum absolute atomic E-state index is 13.1. The third kappa shape index (κ3) is 3.13. The van der Waals surface area contributed by atoms with E-state index in [1.54, 1.807) is 0 Å². The summed E-state index contributed by atoms with van der Waals surface area (Å²) < 4.78 is 0. The maximum atomic E-state index is 13.1. The van der Waals surface area contributed by atoms with Crippen LogP contribution >= 0.6 is 0 Å². The van der Waals surface area contributed by atoms with Crippen molar-refractivity contribution < 1.29 is 14.4 Å². The zero-order valence-corrected chi connectivity index (χ0v) is 14.7. The number of amides is 3. The summed E-state index contributed by atoms with van der Waals surface area (Å²) in [6.45, 7) is 5.57. The topological polar surface area (TPSA) is 57.7 Å². The molecule has 3 rings (SSSR count). The van der Waals surface area contributed by atoms with Crippen LogP contribution in [-0.2, 0) is 14.4 Å². The minimum Gasteiger partial charge on any atom is -0.341 e. The molecule has 0 radical (unpaired) electrons. The summed E-state index contributed by atoms with van der Waals surface area (Å²) in [5.41, 5.74) is 0. The van der Waals surface area contributed by atoms with Crippen LogP contribution in [0.15, 0.2) is 12.2 Å². The lowest BCUT2D eigenvalue weighted by Crippen LogP contribution is -2.53. The van der Waals surface area contributed by atoms with Crippen molar-refractivity contribution in [2.24, 2.45) is 17.8 Å². The van der Waals surface area contributed by atoms with Crippen molar-refractivity contribution in [3.05, 3.63) is 12.2 Å². The Morgan fingerprint density at radius 2 is 1.58 bits per heavy atom. The lowest BCUT2D eigenvalue weighted by atomic mass is 9.85. The highest BCUT2D eigenvalue weighted by Crippen LogP contribution is 2.37. The predicted octanol–water partition coefficient (Wildman–Crippen LogP) is 2.36. The standard InChI is InChI=1S/C19H28N2O3/c1-13(2)12-16(19(24)20-10-6-3-7-11-20)21-17(22)14-8-4-5-9-15(14)18(21)23/h4-5,13-16H,3,6-12H2,1-2H3. The van der Waals surface area contributed by atoms with Gasteiger partial charge in [0.1, 0.15) is 6.04 Å². The van der Waals surface area contributed by atoms with Gasteiger partial charge in [0.25, 0.3) is 0 Å². The number of nitrogens with zero attached hydrogens (tertiary/aromatic N) is 2. The molecule has 0 aromatic heterocycles. The fourth-order valence-electron chi connectivity index (χ4n) is 4.22. The molecule has 2 aliphatic heterocycles. The lowest BCUT2D eigenvalue weighted by molar-refractivity contribution is -0.152. The number of piperidine rings is 1. The average Bonchev–Trinajstić information content (AvgIpc) is 2.84. The molecule has 0 N–H and O–H groups in total. The number of rotatable bonds is 4. The summed E-state index contributed by atoms with van der Waals surface area (Å²) in [7, 11) is 0. The molecule has 24 heavy (non-hydrogen) atoms. The van der Waals surface area contributed by atoms with Gasteiger partial charge in [-0.25, -0.2) is 0 Å². The van der Waals surface area contributed by atoms with E-state index in [-0.39, 0.29) is 35.5 Å². The van der Waals surface area contributed by atoms with E-state index in [1.165, 1.54) is 4.90 Å².